The minimum Gasteiger partial charge on any atom is -0.490 e. The lowest BCUT2D eigenvalue weighted by Gasteiger charge is -2.18. The van der Waals surface area contributed by atoms with Crippen LogP contribution < -0.4 is 4.74 Å². The summed E-state index contributed by atoms with van der Waals surface area (Å²) >= 11 is 5.86. The molecule has 0 fully saturated rings. The van der Waals surface area contributed by atoms with Gasteiger partial charge in [0.2, 0.25) is 0 Å². The number of fused-ring (bicyclic) bond motifs is 1. The van der Waals surface area contributed by atoms with E-state index in [1.54, 1.807) is 30.6 Å². The Morgan fingerprint density at radius 2 is 1.96 bits per heavy atom. The highest BCUT2D eigenvalue weighted by Crippen LogP contribution is 2.17. The van der Waals surface area contributed by atoms with Gasteiger partial charge in [0.15, 0.2) is 6.10 Å². The molecule has 0 amide bonds. The lowest BCUT2D eigenvalue weighted by atomic mass is 10.3. The summed E-state index contributed by atoms with van der Waals surface area (Å²) in [4.78, 5) is 15.7. The van der Waals surface area contributed by atoms with E-state index in [9.17, 15) is 4.79 Å². The second kappa shape index (κ2) is 7.36. The second-order valence-corrected chi connectivity index (χ2v) is 5.82. The number of imidazole rings is 1. The minimum absolute atomic E-state index is 0.244. The molecule has 0 radical (unpaired) electrons. The van der Waals surface area contributed by atoms with Gasteiger partial charge < -0.3 is 14.0 Å². The Labute approximate surface area is 144 Å². The third-order valence-electron chi connectivity index (χ3n) is 3.51. The van der Waals surface area contributed by atoms with Crippen LogP contribution in [0.5, 0.6) is 5.75 Å². The number of esters is 1. The van der Waals surface area contributed by atoms with Gasteiger partial charge in [-0.2, -0.15) is 0 Å². The summed E-state index contributed by atoms with van der Waals surface area (Å²) < 4.78 is 13.0. The SMILES string of the molecule is CC(=O)O[C@H](COc1ccc(Cl)cc1)Cn1cnc2ccccc21. The van der Waals surface area contributed by atoms with Crippen LogP contribution in [-0.2, 0) is 16.1 Å². The number of hydrogen-bond acceptors (Lipinski definition) is 4. The number of ether oxygens (including phenoxy) is 2. The molecule has 1 aromatic heterocycles. The van der Waals surface area contributed by atoms with Gasteiger partial charge in [-0.15, -0.1) is 0 Å². The maximum absolute atomic E-state index is 11.4. The number of benzene rings is 2. The Morgan fingerprint density at radius 1 is 1.21 bits per heavy atom. The van der Waals surface area contributed by atoms with Crippen molar-refractivity contribution in [3.8, 4) is 5.75 Å². The van der Waals surface area contributed by atoms with Crippen LogP contribution in [0.4, 0.5) is 0 Å². The lowest BCUT2D eigenvalue weighted by Crippen LogP contribution is -2.28. The topological polar surface area (TPSA) is 53.4 Å². The second-order valence-electron chi connectivity index (χ2n) is 5.38. The molecule has 0 N–H and O–H groups in total. The van der Waals surface area contributed by atoms with Gasteiger partial charge in [-0.05, 0) is 36.4 Å². The Morgan fingerprint density at radius 3 is 2.71 bits per heavy atom. The standard InChI is InChI=1S/C18H17ClN2O3/c1-13(22)24-16(11-23-15-8-6-14(19)7-9-15)10-21-12-20-17-4-2-3-5-18(17)21/h2-9,12,16H,10-11H2,1H3/t16-/m0/s1. The van der Waals surface area contributed by atoms with E-state index in [4.69, 9.17) is 21.1 Å². The summed E-state index contributed by atoms with van der Waals surface area (Å²) in [5, 5.41) is 0.642. The third-order valence-corrected chi connectivity index (χ3v) is 3.76. The van der Waals surface area contributed by atoms with Crippen LogP contribution in [0.15, 0.2) is 54.9 Å². The lowest BCUT2D eigenvalue weighted by molar-refractivity contribution is -0.148. The van der Waals surface area contributed by atoms with Crippen LogP contribution in [0.1, 0.15) is 6.92 Å². The maximum atomic E-state index is 11.4. The first-order valence-electron chi connectivity index (χ1n) is 7.57. The maximum Gasteiger partial charge on any atom is 0.303 e. The first-order chi connectivity index (χ1) is 11.6. The molecule has 5 nitrogen and oxygen atoms in total. The molecule has 1 atom stereocenters. The molecule has 3 aromatic rings. The molecule has 24 heavy (non-hydrogen) atoms. The molecule has 1 heterocycles. The van der Waals surface area contributed by atoms with Crippen molar-refractivity contribution >= 4 is 28.6 Å². The van der Waals surface area contributed by atoms with Crippen molar-refractivity contribution in [2.45, 2.75) is 19.6 Å². The van der Waals surface area contributed by atoms with Crippen LogP contribution in [-0.4, -0.2) is 28.2 Å². The quantitative estimate of drug-likeness (QED) is 0.640. The Balaban J connectivity index is 1.71. The number of para-hydroxylation sites is 2. The van der Waals surface area contributed by atoms with E-state index in [1.807, 2.05) is 28.8 Å². The summed E-state index contributed by atoms with van der Waals surface area (Å²) in [7, 11) is 0. The molecule has 0 aliphatic carbocycles. The molecule has 0 aliphatic heterocycles. The van der Waals surface area contributed by atoms with Crippen LogP contribution >= 0.6 is 11.6 Å². The van der Waals surface area contributed by atoms with Crippen LogP contribution in [0.25, 0.3) is 11.0 Å². The highest BCUT2D eigenvalue weighted by molar-refractivity contribution is 6.30. The number of aromatic nitrogens is 2. The van der Waals surface area contributed by atoms with Crippen LogP contribution in [0.3, 0.4) is 0 Å². The van der Waals surface area contributed by atoms with E-state index in [2.05, 4.69) is 4.98 Å². The molecule has 0 saturated carbocycles. The van der Waals surface area contributed by atoms with Gasteiger partial charge in [-0.25, -0.2) is 4.98 Å². The predicted octanol–water partition coefficient (Wildman–Crippen LogP) is 3.70. The van der Waals surface area contributed by atoms with Gasteiger partial charge in [0.1, 0.15) is 12.4 Å². The van der Waals surface area contributed by atoms with Gasteiger partial charge in [-0.3, -0.25) is 4.79 Å². The predicted molar refractivity (Wildman–Crippen MR) is 92.2 cm³/mol. The smallest absolute Gasteiger partial charge is 0.303 e. The van der Waals surface area contributed by atoms with Gasteiger partial charge in [0.25, 0.3) is 0 Å². The molecule has 0 saturated heterocycles. The fraction of sp³-hybridized carbons (Fsp3) is 0.222. The summed E-state index contributed by atoms with van der Waals surface area (Å²) in [5.41, 5.74) is 1.89. The number of nitrogens with zero attached hydrogens (tertiary/aromatic N) is 2. The van der Waals surface area contributed by atoms with E-state index >= 15 is 0 Å². The number of hydrogen-bond donors (Lipinski definition) is 0. The summed E-state index contributed by atoms with van der Waals surface area (Å²) in [6.07, 6.45) is 1.32. The molecule has 0 unspecified atom stereocenters. The van der Waals surface area contributed by atoms with Crippen molar-refractivity contribution in [1.29, 1.82) is 0 Å². The Kier molecular flexibility index (Phi) is 5.01. The zero-order chi connectivity index (χ0) is 16.9. The zero-order valence-electron chi connectivity index (χ0n) is 13.2. The van der Waals surface area contributed by atoms with Crippen molar-refractivity contribution in [1.82, 2.24) is 9.55 Å². The number of rotatable bonds is 6. The van der Waals surface area contributed by atoms with Gasteiger partial charge in [-0.1, -0.05) is 23.7 Å². The first-order valence-corrected chi connectivity index (χ1v) is 7.95. The normalized spacial score (nSPS) is 12.1. The Hall–Kier alpha value is -2.53. The van der Waals surface area contributed by atoms with E-state index in [1.165, 1.54) is 6.92 Å². The molecule has 124 valence electrons. The average Bonchev–Trinajstić information content (AvgIpc) is 2.97. The highest BCUT2D eigenvalue weighted by atomic mass is 35.5. The van der Waals surface area contributed by atoms with Crippen molar-refractivity contribution < 1.29 is 14.3 Å². The first kappa shape index (κ1) is 16.3. The van der Waals surface area contributed by atoms with E-state index in [0.29, 0.717) is 17.3 Å². The number of carbonyl (C=O) groups is 1. The van der Waals surface area contributed by atoms with E-state index in [0.717, 1.165) is 11.0 Å². The summed E-state index contributed by atoms with van der Waals surface area (Å²) in [6.45, 7) is 2.10. The van der Waals surface area contributed by atoms with Crippen molar-refractivity contribution in [2.24, 2.45) is 0 Å². The molecular formula is C18H17ClN2O3. The number of halogens is 1. The number of carbonyl (C=O) groups excluding carboxylic acids is 1. The summed E-state index contributed by atoms with van der Waals surface area (Å²) in [6, 6.07) is 14.9. The van der Waals surface area contributed by atoms with Crippen LogP contribution in [0, 0.1) is 0 Å². The molecule has 0 spiro atoms. The van der Waals surface area contributed by atoms with Crippen molar-refractivity contribution in [3.63, 3.8) is 0 Å². The third kappa shape index (κ3) is 4.06. The fourth-order valence-electron chi connectivity index (χ4n) is 2.45. The zero-order valence-corrected chi connectivity index (χ0v) is 13.9. The molecular weight excluding hydrogens is 328 g/mol. The highest BCUT2D eigenvalue weighted by Gasteiger charge is 2.16. The molecule has 0 aliphatic rings. The van der Waals surface area contributed by atoms with E-state index < -0.39 is 6.10 Å². The van der Waals surface area contributed by atoms with Gasteiger partial charge in [0.05, 0.1) is 23.9 Å². The molecule has 3 rings (SSSR count). The monoisotopic (exact) mass is 344 g/mol. The van der Waals surface area contributed by atoms with Gasteiger partial charge >= 0.3 is 5.97 Å². The Bertz CT molecular complexity index is 830. The van der Waals surface area contributed by atoms with Crippen molar-refractivity contribution in [2.75, 3.05) is 6.61 Å². The fourth-order valence-corrected chi connectivity index (χ4v) is 2.58. The van der Waals surface area contributed by atoms with Gasteiger partial charge in [0, 0.05) is 11.9 Å². The molecule has 6 heteroatoms. The average molecular weight is 345 g/mol. The molecule has 2 aromatic carbocycles. The molecule has 0 bridgehead atoms. The minimum atomic E-state index is -0.421. The largest absolute Gasteiger partial charge is 0.490 e. The van der Waals surface area contributed by atoms with Crippen LogP contribution in [0.2, 0.25) is 5.02 Å². The van der Waals surface area contributed by atoms with Crippen molar-refractivity contribution in [3.05, 3.63) is 59.9 Å². The van der Waals surface area contributed by atoms with E-state index in [-0.39, 0.29) is 12.6 Å². The summed E-state index contributed by atoms with van der Waals surface area (Å²) in [5.74, 6) is 0.330.